The molecule has 2 aromatic heterocycles. The molecule has 0 aliphatic heterocycles. The summed E-state index contributed by atoms with van der Waals surface area (Å²) in [5.74, 6) is 0. The van der Waals surface area contributed by atoms with Crippen molar-refractivity contribution >= 4 is 0 Å². The SMILES string of the molecule is CCc1cn(Cc2cncc(C)c2)c(=O)[nH]c1=O. The monoisotopic (exact) mass is 245 g/mol. The van der Waals surface area contributed by atoms with Gasteiger partial charge in [0.05, 0.1) is 6.54 Å². The van der Waals surface area contributed by atoms with E-state index in [2.05, 4.69) is 9.97 Å². The molecule has 0 aliphatic rings. The van der Waals surface area contributed by atoms with Gasteiger partial charge in [-0.15, -0.1) is 0 Å². The predicted octanol–water partition coefficient (Wildman–Crippen LogP) is 0.851. The topological polar surface area (TPSA) is 67.8 Å². The van der Waals surface area contributed by atoms with E-state index in [1.54, 1.807) is 18.6 Å². The van der Waals surface area contributed by atoms with Crippen molar-refractivity contribution in [3.05, 3.63) is 62.2 Å². The lowest BCUT2D eigenvalue weighted by Gasteiger charge is -2.07. The fourth-order valence-electron chi connectivity index (χ4n) is 1.82. The Kier molecular flexibility index (Phi) is 3.41. The minimum atomic E-state index is -0.390. The summed E-state index contributed by atoms with van der Waals surface area (Å²) in [7, 11) is 0. The summed E-state index contributed by atoms with van der Waals surface area (Å²) in [5, 5.41) is 0. The molecule has 0 unspecified atom stereocenters. The molecule has 18 heavy (non-hydrogen) atoms. The molecule has 0 saturated carbocycles. The Labute approximate surface area is 104 Å². The van der Waals surface area contributed by atoms with E-state index in [9.17, 15) is 9.59 Å². The maximum atomic E-state index is 11.7. The van der Waals surface area contributed by atoms with E-state index in [0.717, 1.165) is 11.1 Å². The highest BCUT2D eigenvalue weighted by Crippen LogP contribution is 2.02. The summed E-state index contributed by atoms with van der Waals surface area (Å²) >= 11 is 0. The van der Waals surface area contributed by atoms with E-state index in [4.69, 9.17) is 0 Å². The largest absolute Gasteiger partial charge is 0.328 e. The highest BCUT2D eigenvalue weighted by atomic mass is 16.2. The normalized spacial score (nSPS) is 10.6. The van der Waals surface area contributed by atoms with E-state index >= 15 is 0 Å². The van der Waals surface area contributed by atoms with Gasteiger partial charge in [-0.2, -0.15) is 0 Å². The number of nitrogens with zero attached hydrogens (tertiary/aromatic N) is 2. The molecule has 0 fully saturated rings. The molecule has 0 radical (unpaired) electrons. The van der Waals surface area contributed by atoms with E-state index in [1.165, 1.54) is 4.57 Å². The van der Waals surface area contributed by atoms with Crippen LogP contribution in [0.4, 0.5) is 0 Å². The van der Waals surface area contributed by atoms with Gasteiger partial charge in [-0.3, -0.25) is 19.3 Å². The van der Waals surface area contributed by atoms with E-state index in [1.807, 2.05) is 19.9 Å². The van der Waals surface area contributed by atoms with Crippen LogP contribution in [-0.2, 0) is 13.0 Å². The van der Waals surface area contributed by atoms with Gasteiger partial charge >= 0.3 is 5.69 Å². The van der Waals surface area contributed by atoms with Gasteiger partial charge in [0.15, 0.2) is 0 Å². The minimum Gasteiger partial charge on any atom is -0.296 e. The van der Waals surface area contributed by atoms with Gasteiger partial charge < -0.3 is 0 Å². The molecular weight excluding hydrogens is 230 g/mol. The third kappa shape index (κ3) is 2.56. The quantitative estimate of drug-likeness (QED) is 0.871. The van der Waals surface area contributed by atoms with Crippen LogP contribution in [0.15, 0.2) is 34.2 Å². The number of rotatable bonds is 3. The lowest BCUT2D eigenvalue weighted by molar-refractivity contribution is 0.705. The first-order valence-electron chi connectivity index (χ1n) is 5.83. The summed E-state index contributed by atoms with van der Waals surface area (Å²) in [6.07, 6.45) is 5.69. The second-order valence-electron chi connectivity index (χ2n) is 4.27. The van der Waals surface area contributed by atoms with Gasteiger partial charge in [0.2, 0.25) is 0 Å². The Balaban J connectivity index is 2.40. The molecule has 2 rings (SSSR count). The number of aromatic nitrogens is 3. The second kappa shape index (κ2) is 5.00. The first-order chi connectivity index (χ1) is 8.60. The smallest absolute Gasteiger partial charge is 0.296 e. The summed E-state index contributed by atoms with van der Waals surface area (Å²) in [4.78, 5) is 29.5. The van der Waals surface area contributed by atoms with Crippen LogP contribution in [0.5, 0.6) is 0 Å². The Hall–Kier alpha value is -2.17. The van der Waals surface area contributed by atoms with Crippen LogP contribution in [0.3, 0.4) is 0 Å². The summed E-state index contributed by atoms with van der Waals surface area (Å²) in [6.45, 7) is 4.24. The van der Waals surface area contributed by atoms with Crippen LogP contribution < -0.4 is 11.2 Å². The van der Waals surface area contributed by atoms with Crippen molar-refractivity contribution in [1.29, 1.82) is 0 Å². The first-order valence-corrected chi connectivity index (χ1v) is 5.83. The lowest BCUT2D eigenvalue weighted by atomic mass is 10.2. The van der Waals surface area contributed by atoms with Crippen molar-refractivity contribution in [2.75, 3.05) is 0 Å². The fraction of sp³-hybridized carbons (Fsp3) is 0.308. The van der Waals surface area contributed by atoms with Crippen LogP contribution in [0.2, 0.25) is 0 Å². The first kappa shape index (κ1) is 12.3. The Morgan fingerprint density at radius 2 is 2.11 bits per heavy atom. The Morgan fingerprint density at radius 3 is 2.78 bits per heavy atom. The number of aryl methyl sites for hydroxylation is 2. The standard InChI is InChI=1S/C13H15N3O2/c1-3-11-8-16(13(18)15-12(11)17)7-10-4-9(2)5-14-6-10/h4-6,8H,3,7H2,1-2H3,(H,15,17,18). The zero-order chi connectivity index (χ0) is 13.1. The van der Waals surface area contributed by atoms with Gasteiger partial charge in [0, 0.05) is 24.2 Å². The molecule has 0 saturated heterocycles. The van der Waals surface area contributed by atoms with Crippen molar-refractivity contribution in [2.24, 2.45) is 0 Å². The molecule has 0 amide bonds. The van der Waals surface area contributed by atoms with Gasteiger partial charge in [0.1, 0.15) is 0 Å². The third-order valence-corrected chi connectivity index (χ3v) is 2.75. The number of aromatic amines is 1. The molecule has 0 aromatic carbocycles. The van der Waals surface area contributed by atoms with Crippen LogP contribution >= 0.6 is 0 Å². The second-order valence-corrected chi connectivity index (χ2v) is 4.27. The van der Waals surface area contributed by atoms with Crippen molar-refractivity contribution in [3.8, 4) is 0 Å². The van der Waals surface area contributed by atoms with Crippen LogP contribution in [0.1, 0.15) is 23.6 Å². The molecule has 94 valence electrons. The molecule has 2 heterocycles. The van der Waals surface area contributed by atoms with Gasteiger partial charge in [-0.1, -0.05) is 13.0 Å². The van der Waals surface area contributed by atoms with Gasteiger partial charge in [0.25, 0.3) is 5.56 Å². The number of hydrogen-bond acceptors (Lipinski definition) is 3. The van der Waals surface area contributed by atoms with Crippen molar-refractivity contribution < 1.29 is 0 Å². The molecule has 0 atom stereocenters. The average Bonchev–Trinajstić information content (AvgIpc) is 2.33. The minimum absolute atomic E-state index is 0.305. The third-order valence-electron chi connectivity index (χ3n) is 2.75. The number of H-pyrrole nitrogens is 1. The summed E-state index contributed by atoms with van der Waals surface area (Å²) in [6, 6.07) is 1.97. The van der Waals surface area contributed by atoms with Crippen LogP contribution in [-0.4, -0.2) is 14.5 Å². The molecule has 2 aromatic rings. The van der Waals surface area contributed by atoms with Gasteiger partial charge in [-0.25, -0.2) is 4.79 Å². The highest BCUT2D eigenvalue weighted by molar-refractivity contribution is 5.17. The van der Waals surface area contributed by atoms with E-state index < -0.39 is 5.69 Å². The fourth-order valence-corrected chi connectivity index (χ4v) is 1.82. The molecule has 0 spiro atoms. The number of hydrogen-bond donors (Lipinski definition) is 1. The summed E-state index contributed by atoms with van der Waals surface area (Å²) < 4.78 is 1.50. The highest BCUT2D eigenvalue weighted by Gasteiger charge is 2.04. The maximum absolute atomic E-state index is 11.7. The van der Waals surface area contributed by atoms with Crippen molar-refractivity contribution in [1.82, 2.24) is 14.5 Å². The van der Waals surface area contributed by atoms with Crippen molar-refractivity contribution in [2.45, 2.75) is 26.8 Å². The van der Waals surface area contributed by atoms with Crippen molar-refractivity contribution in [3.63, 3.8) is 0 Å². The van der Waals surface area contributed by atoms with Crippen LogP contribution in [0.25, 0.3) is 0 Å². The summed E-state index contributed by atoms with van der Waals surface area (Å²) in [5.41, 5.74) is 1.89. The molecule has 1 N–H and O–H groups in total. The number of pyridine rings is 1. The van der Waals surface area contributed by atoms with E-state index in [0.29, 0.717) is 18.5 Å². The Morgan fingerprint density at radius 1 is 1.33 bits per heavy atom. The predicted molar refractivity (Wildman–Crippen MR) is 68.8 cm³/mol. The molecule has 5 nitrogen and oxygen atoms in total. The zero-order valence-electron chi connectivity index (χ0n) is 10.4. The molecule has 0 bridgehead atoms. The molecule has 5 heteroatoms. The lowest BCUT2D eigenvalue weighted by Crippen LogP contribution is -2.31. The molecular formula is C13H15N3O2. The van der Waals surface area contributed by atoms with Crippen LogP contribution in [0, 0.1) is 6.92 Å². The average molecular weight is 245 g/mol. The number of nitrogens with one attached hydrogen (secondary N) is 1. The molecule has 0 aliphatic carbocycles. The maximum Gasteiger partial charge on any atom is 0.328 e. The Bertz CT molecular complexity index is 670. The van der Waals surface area contributed by atoms with Gasteiger partial charge in [-0.05, 0) is 24.5 Å². The van der Waals surface area contributed by atoms with E-state index in [-0.39, 0.29) is 5.56 Å². The zero-order valence-corrected chi connectivity index (χ0v) is 10.4.